The second kappa shape index (κ2) is 4.20. The SMILES string of the molecule is CNS(=O)(=O)CC1CCCOC1. The van der Waals surface area contributed by atoms with Gasteiger partial charge in [-0.3, -0.25) is 0 Å². The summed E-state index contributed by atoms with van der Waals surface area (Å²) in [7, 11) is -1.61. The second-order valence-electron chi connectivity index (χ2n) is 3.07. The van der Waals surface area contributed by atoms with E-state index in [9.17, 15) is 8.42 Å². The minimum atomic E-state index is -3.05. The molecule has 0 amide bonds. The van der Waals surface area contributed by atoms with E-state index in [0.717, 1.165) is 19.4 Å². The molecule has 0 radical (unpaired) electrons. The number of rotatable bonds is 3. The van der Waals surface area contributed by atoms with Crippen molar-refractivity contribution in [3.05, 3.63) is 0 Å². The van der Waals surface area contributed by atoms with Crippen molar-refractivity contribution in [1.29, 1.82) is 0 Å². The van der Waals surface area contributed by atoms with E-state index in [-0.39, 0.29) is 11.7 Å². The van der Waals surface area contributed by atoms with E-state index in [0.29, 0.717) is 6.61 Å². The van der Waals surface area contributed by atoms with Gasteiger partial charge in [0, 0.05) is 6.61 Å². The van der Waals surface area contributed by atoms with Gasteiger partial charge in [-0.25, -0.2) is 13.1 Å². The van der Waals surface area contributed by atoms with Gasteiger partial charge in [0.05, 0.1) is 12.4 Å². The molecular weight excluding hydrogens is 178 g/mol. The molecule has 1 aliphatic heterocycles. The monoisotopic (exact) mass is 193 g/mol. The predicted molar refractivity (Wildman–Crippen MR) is 46.4 cm³/mol. The predicted octanol–water partition coefficient (Wildman–Crippen LogP) is -0.0378. The minimum Gasteiger partial charge on any atom is -0.381 e. The quantitative estimate of drug-likeness (QED) is 0.684. The third kappa shape index (κ3) is 3.08. The van der Waals surface area contributed by atoms with Crippen LogP contribution in [0.3, 0.4) is 0 Å². The van der Waals surface area contributed by atoms with Crippen molar-refractivity contribution in [3.63, 3.8) is 0 Å². The number of hydrogen-bond donors (Lipinski definition) is 1. The average Bonchev–Trinajstić information content (AvgIpc) is 2.06. The molecule has 0 aromatic carbocycles. The fraction of sp³-hybridized carbons (Fsp3) is 1.00. The lowest BCUT2D eigenvalue weighted by atomic mass is 10.1. The maximum absolute atomic E-state index is 11.1. The lowest BCUT2D eigenvalue weighted by Crippen LogP contribution is -2.30. The molecule has 1 aliphatic rings. The zero-order valence-corrected chi connectivity index (χ0v) is 8.06. The van der Waals surface area contributed by atoms with E-state index in [1.165, 1.54) is 7.05 Å². The molecule has 1 N–H and O–H groups in total. The molecule has 72 valence electrons. The molecule has 4 nitrogen and oxygen atoms in total. The van der Waals surface area contributed by atoms with Crippen molar-refractivity contribution >= 4 is 10.0 Å². The van der Waals surface area contributed by atoms with Crippen LogP contribution in [0.2, 0.25) is 0 Å². The summed E-state index contributed by atoms with van der Waals surface area (Å²) in [6.45, 7) is 1.36. The van der Waals surface area contributed by atoms with Gasteiger partial charge < -0.3 is 4.74 Å². The van der Waals surface area contributed by atoms with Crippen molar-refractivity contribution in [2.24, 2.45) is 5.92 Å². The molecular formula is C7H15NO3S. The first-order valence-electron chi connectivity index (χ1n) is 4.13. The van der Waals surface area contributed by atoms with E-state index >= 15 is 0 Å². The second-order valence-corrected chi connectivity index (χ2v) is 5.04. The Kier molecular flexibility index (Phi) is 3.49. The van der Waals surface area contributed by atoms with Crippen LogP contribution in [-0.4, -0.2) is 34.4 Å². The summed E-state index contributed by atoms with van der Waals surface area (Å²) in [5.74, 6) is 0.375. The number of ether oxygens (including phenoxy) is 1. The maximum Gasteiger partial charge on any atom is 0.211 e. The van der Waals surface area contributed by atoms with Gasteiger partial charge in [-0.15, -0.1) is 0 Å². The van der Waals surface area contributed by atoms with Gasteiger partial charge in [-0.1, -0.05) is 0 Å². The summed E-state index contributed by atoms with van der Waals surface area (Å²) in [4.78, 5) is 0. The normalized spacial score (nSPS) is 25.6. The fourth-order valence-electron chi connectivity index (χ4n) is 1.33. The summed E-state index contributed by atoms with van der Waals surface area (Å²) in [5, 5.41) is 0. The molecule has 1 rings (SSSR count). The van der Waals surface area contributed by atoms with Gasteiger partial charge in [0.15, 0.2) is 0 Å². The lowest BCUT2D eigenvalue weighted by molar-refractivity contribution is 0.0625. The van der Waals surface area contributed by atoms with Gasteiger partial charge in [0.1, 0.15) is 0 Å². The van der Waals surface area contributed by atoms with Crippen molar-refractivity contribution in [3.8, 4) is 0 Å². The van der Waals surface area contributed by atoms with E-state index in [2.05, 4.69) is 4.72 Å². The number of sulfonamides is 1. The Morgan fingerprint density at radius 2 is 2.33 bits per heavy atom. The van der Waals surface area contributed by atoms with Crippen molar-refractivity contribution in [1.82, 2.24) is 4.72 Å². The Morgan fingerprint density at radius 1 is 1.58 bits per heavy atom. The fourth-order valence-corrected chi connectivity index (χ4v) is 2.38. The van der Waals surface area contributed by atoms with Crippen LogP contribution >= 0.6 is 0 Å². The third-order valence-electron chi connectivity index (χ3n) is 2.02. The Balaban J connectivity index is 2.39. The largest absolute Gasteiger partial charge is 0.381 e. The summed E-state index contributed by atoms with van der Waals surface area (Å²) >= 11 is 0. The van der Waals surface area contributed by atoms with Crippen LogP contribution in [-0.2, 0) is 14.8 Å². The maximum atomic E-state index is 11.1. The topological polar surface area (TPSA) is 55.4 Å². The molecule has 0 aromatic heterocycles. The first-order chi connectivity index (χ1) is 5.64. The van der Waals surface area contributed by atoms with Gasteiger partial charge in [0.2, 0.25) is 10.0 Å². The van der Waals surface area contributed by atoms with Crippen LogP contribution in [0.5, 0.6) is 0 Å². The standard InChI is InChI=1S/C7H15NO3S/c1-8-12(9,10)6-7-3-2-4-11-5-7/h7-8H,2-6H2,1H3. The van der Waals surface area contributed by atoms with Crippen molar-refractivity contribution in [2.75, 3.05) is 26.0 Å². The summed E-state index contributed by atoms with van der Waals surface area (Å²) < 4.78 is 29.7. The molecule has 1 atom stereocenters. The molecule has 12 heavy (non-hydrogen) atoms. The van der Waals surface area contributed by atoms with Crippen LogP contribution in [0, 0.1) is 5.92 Å². The van der Waals surface area contributed by atoms with Crippen molar-refractivity contribution in [2.45, 2.75) is 12.8 Å². The smallest absolute Gasteiger partial charge is 0.211 e. The highest BCUT2D eigenvalue weighted by molar-refractivity contribution is 7.89. The highest BCUT2D eigenvalue weighted by Gasteiger charge is 2.20. The Hall–Kier alpha value is -0.130. The summed E-state index contributed by atoms with van der Waals surface area (Å²) in [6.07, 6.45) is 1.94. The van der Waals surface area contributed by atoms with E-state index in [1.807, 2.05) is 0 Å². The highest BCUT2D eigenvalue weighted by Crippen LogP contribution is 2.14. The molecule has 0 spiro atoms. The minimum absolute atomic E-state index is 0.177. The van der Waals surface area contributed by atoms with Crippen LogP contribution in [0.4, 0.5) is 0 Å². The summed E-state index contributed by atoms with van der Waals surface area (Å²) in [6, 6.07) is 0. The van der Waals surface area contributed by atoms with Crippen LogP contribution in [0.25, 0.3) is 0 Å². The van der Waals surface area contributed by atoms with Crippen LogP contribution in [0.1, 0.15) is 12.8 Å². The molecule has 0 bridgehead atoms. The average molecular weight is 193 g/mol. The molecule has 1 saturated heterocycles. The van der Waals surface area contributed by atoms with E-state index < -0.39 is 10.0 Å². The van der Waals surface area contributed by atoms with Crippen molar-refractivity contribution < 1.29 is 13.2 Å². The van der Waals surface area contributed by atoms with Gasteiger partial charge in [0.25, 0.3) is 0 Å². The third-order valence-corrected chi connectivity index (χ3v) is 3.55. The number of nitrogens with one attached hydrogen (secondary N) is 1. The first kappa shape index (κ1) is 9.95. The Morgan fingerprint density at radius 3 is 2.83 bits per heavy atom. The van der Waals surface area contributed by atoms with Crippen LogP contribution < -0.4 is 4.72 Å². The van der Waals surface area contributed by atoms with Crippen LogP contribution in [0.15, 0.2) is 0 Å². The van der Waals surface area contributed by atoms with E-state index in [1.54, 1.807) is 0 Å². The van der Waals surface area contributed by atoms with Gasteiger partial charge >= 0.3 is 0 Å². The highest BCUT2D eigenvalue weighted by atomic mass is 32.2. The molecule has 0 aliphatic carbocycles. The molecule has 1 unspecified atom stereocenters. The van der Waals surface area contributed by atoms with Gasteiger partial charge in [-0.05, 0) is 25.8 Å². The molecule has 1 fully saturated rings. The zero-order valence-electron chi connectivity index (χ0n) is 7.25. The van der Waals surface area contributed by atoms with E-state index in [4.69, 9.17) is 4.74 Å². The molecule has 1 heterocycles. The summed E-state index contributed by atoms with van der Waals surface area (Å²) in [5.41, 5.74) is 0. The molecule has 0 aromatic rings. The number of hydrogen-bond acceptors (Lipinski definition) is 3. The Bertz CT molecular complexity index is 219. The lowest BCUT2D eigenvalue weighted by Gasteiger charge is -2.21. The first-order valence-corrected chi connectivity index (χ1v) is 5.78. The molecule has 5 heteroatoms. The zero-order chi connectivity index (χ0) is 9.03. The Labute approximate surface area is 73.3 Å². The molecule has 0 saturated carbocycles. The van der Waals surface area contributed by atoms with Gasteiger partial charge in [-0.2, -0.15) is 0 Å².